The van der Waals surface area contributed by atoms with Crippen LogP contribution in [-0.4, -0.2) is 25.8 Å². The molecule has 16 heavy (non-hydrogen) atoms. The van der Waals surface area contributed by atoms with Crippen LogP contribution in [0.15, 0.2) is 18.2 Å². The first-order chi connectivity index (χ1) is 7.77. The van der Waals surface area contributed by atoms with Crippen molar-refractivity contribution >= 4 is 11.6 Å². The monoisotopic (exact) mass is 243 g/mol. The number of nitrogens with one attached hydrogen (secondary N) is 1. The summed E-state index contributed by atoms with van der Waals surface area (Å²) >= 11 is 5.93. The minimum Gasteiger partial charge on any atom is -0.380 e. The van der Waals surface area contributed by atoms with Gasteiger partial charge in [-0.1, -0.05) is 17.7 Å². The Labute approximate surface area is 99.7 Å². The van der Waals surface area contributed by atoms with Gasteiger partial charge in [-0.3, -0.25) is 0 Å². The Kier molecular flexibility index (Phi) is 4.16. The van der Waals surface area contributed by atoms with E-state index in [0.29, 0.717) is 23.0 Å². The van der Waals surface area contributed by atoms with Crippen molar-refractivity contribution in [3.8, 4) is 0 Å². The van der Waals surface area contributed by atoms with Crippen molar-refractivity contribution in [2.75, 3.05) is 19.8 Å². The molecule has 1 saturated heterocycles. The van der Waals surface area contributed by atoms with E-state index in [1.54, 1.807) is 12.1 Å². The van der Waals surface area contributed by atoms with Crippen LogP contribution in [0.2, 0.25) is 5.02 Å². The second-order valence-corrected chi connectivity index (χ2v) is 4.37. The van der Waals surface area contributed by atoms with Gasteiger partial charge in [0.05, 0.1) is 6.61 Å². The van der Waals surface area contributed by atoms with E-state index in [1.807, 2.05) is 0 Å². The highest BCUT2D eigenvalue weighted by Gasteiger charge is 2.14. The van der Waals surface area contributed by atoms with Gasteiger partial charge >= 0.3 is 0 Å². The van der Waals surface area contributed by atoms with Gasteiger partial charge in [-0.15, -0.1) is 0 Å². The summed E-state index contributed by atoms with van der Waals surface area (Å²) in [5.41, 5.74) is 0.593. The molecule has 0 spiro atoms. The topological polar surface area (TPSA) is 21.3 Å². The molecule has 0 bridgehead atoms. The van der Waals surface area contributed by atoms with E-state index in [0.717, 1.165) is 26.2 Å². The van der Waals surface area contributed by atoms with E-state index in [4.69, 9.17) is 16.3 Å². The highest BCUT2D eigenvalue weighted by molar-refractivity contribution is 6.31. The predicted molar refractivity (Wildman–Crippen MR) is 62.3 cm³/mol. The smallest absolute Gasteiger partial charge is 0.127 e. The molecule has 2 rings (SSSR count). The Balaban J connectivity index is 1.84. The van der Waals surface area contributed by atoms with Crippen LogP contribution < -0.4 is 5.32 Å². The van der Waals surface area contributed by atoms with Crippen LogP contribution in [0.5, 0.6) is 0 Å². The zero-order valence-corrected chi connectivity index (χ0v) is 9.77. The SMILES string of the molecule is Fc1cccc(Cl)c1CCNC1CCOC1. The first-order valence-electron chi connectivity index (χ1n) is 5.51. The third-order valence-corrected chi connectivity index (χ3v) is 3.15. The summed E-state index contributed by atoms with van der Waals surface area (Å²) in [6, 6.07) is 5.20. The highest BCUT2D eigenvalue weighted by Crippen LogP contribution is 2.19. The molecule has 1 aromatic rings. The lowest BCUT2D eigenvalue weighted by Gasteiger charge is -2.11. The summed E-state index contributed by atoms with van der Waals surface area (Å²) in [4.78, 5) is 0. The summed E-state index contributed by atoms with van der Waals surface area (Å²) in [6.45, 7) is 2.30. The molecule has 88 valence electrons. The van der Waals surface area contributed by atoms with E-state index < -0.39 is 0 Å². The summed E-state index contributed by atoms with van der Waals surface area (Å²) in [5, 5.41) is 3.84. The number of rotatable bonds is 4. The van der Waals surface area contributed by atoms with Crippen molar-refractivity contribution in [3.05, 3.63) is 34.6 Å². The first kappa shape index (κ1) is 11.8. The van der Waals surface area contributed by atoms with Gasteiger partial charge in [-0.2, -0.15) is 0 Å². The molecule has 1 aliphatic heterocycles. The molecule has 1 atom stereocenters. The lowest BCUT2D eigenvalue weighted by molar-refractivity contribution is 0.190. The van der Waals surface area contributed by atoms with E-state index in [9.17, 15) is 4.39 Å². The third-order valence-electron chi connectivity index (χ3n) is 2.80. The Morgan fingerprint density at radius 2 is 2.38 bits per heavy atom. The number of benzene rings is 1. The quantitative estimate of drug-likeness (QED) is 0.877. The second-order valence-electron chi connectivity index (χ2n) is 3.96. The Morgan fingerprint density at radius 1 is 1.50 bits per heavy atom. The Morgan fingerprint density at radius 3 is 3.06 bits per heavy atom. The molecule has 1 aliphatic rings. The Hall–Kier alpha value is -0.640. The summed E-state index contributed by atoms with van der Waals surface area (Å²) in [5.74, 6) is -0.225. The molecule has 0 saturated carbocycles. The average Bonchev–Trinajstić information content (AvgIpc) is 2.75. The summed E-state index contributed by atoms with van der Waals surface area (Å²) in [7, 11) is 0. The van der Waals surface area contributed by atoms with Crippen LogP contribution in [0.1, 0.15) is 12.0 Å². The zero-order valence-electron chi connectivity index (χ0n) is 9.01. The lowest BCUT2D eigenvalue weighted by Crippen LogP contribution is -2.31. The van der Waals surface area contributed by atoms with Gasteiger partial charge in [-0.25, -0.2) is 4.39 Å². The molecular weight excluding hydrogens is 229 g/mol. The number of halogens is 2. The second kappa shape index (κ2) is 5.62. The molecule has 0 amide bonds. The van der Waals surface area contributed by atoms with Crippen molar-refractivity contribution in [2.24, 2.45) is 0 Å². The molecule has 0 aromatic heterocycles. The van der Waals surface area contributed by atoms with Crippen molar-refractivity contribution in [3.63, 3.8) is 0 Å². The number of ether oxygens (including phenoxy) is 1. The minimum atomic E-state index is -0.225. The van der Waals surface area contributed by atoms with Crippen LogP contribution in [-0.2, 0) is 11.2 Å². The molecule has 0 aliphatic carbocycles. The van der Waals surface area contributed by atoms with Gasteiger partial charge in [0.15, 0.2) is 0 Å². The van der Waals surface area contributed by atoms with Gasteiger partial charge < -0.3 is 10.1 Å². The van der Waals surface area contributed by atoms with Crippen LogP contribution in [0, 0.1) is 5.82 Å². The van der Waals surface area contributed by atoms with Crippen molar-refractivity contribution in [1.29, 1.82) is 0 Å². The molecule has 1 fully saturated rings. The van der Waals surface area contributed by atoms with E-state index >= 15 is 0 Å². The van der Waals surface area contributed by atoms with E-state index in [-0.39, 0.29) is 5.82 Å². The van der Waals surface area contributed by atoms with Crippen molar-refractivity contribution < 1.29 is 9.13 Å². The molecule has 2 nitrogen and oxygen atoms in total. The first-order valence-corrected chi connectivity index (χ1v) is 5.89. The standard InChI is InChI=1S/C12H15ClFNO/c13-11-2-1-3-12(14)10(11)4-6-15-9-5-7-16-8-9/h1-3,9,15H,4-8H2. The zero-order chi connectivity index (χ0) is 11.4. The lowest BCUT2D eigenvalue weighted by atomic mass is 10.1. The third kappa shape index (κ3) is 2.94. The minimum absolute atomic E-state index is 0.225. The average molecular weight is 244 g/mol. The number of hydrogen-bond donors (Lipinski definition) is 1. The number of hydrogen-bond acceptors (Lipinski definition) is 2. The fourth-order valence-electron chi connectivity index (χ4n) is 1.87. The molecule has 1 unspecified atom stereocenters. The maximum atomic E-state index is 13.4. The molecular formula is C12H15ClFNO. The van der Waals surface area contributed by atoms with Gasteiger partial charge in [-0.05, 0) is 31.5 Å². The predicted octanol–water partition coefficient (Wildman–Crippen LogP) is 2.40. The van der Waals surface area contributed by atoms with Gasteiger partial charge in [0.2, 0.25) is 0 Å². The van der Waals surface area contributed by atoms with Crippen LogP contribution in [0.3, 0.4) is 0 Å². The van der Waals surface area contributed by atoms with Gasteiger partial charge in [0.25, 0.3) is 0 Å². The van der Waals surface area contributed by atoms with Gasteiger partial charge in [0, 0.05) is 23.2 Å². The van der Waals surface area contributed by atoms with Crippen LogP contribution in [0.4, 0.5) is 4.39 Å². The normalized spacial score (nSPS) is 20.2. The van der Waals surface area contributed by atoms with Crippen LogP contribution >= 0.6 is 11.6 Å². The molecule has 1 heterocycles. The Bertz CT molecular complexity index is 333. The van der Waals surface area contributed by atoms with Crippen molar-refractivity contribution in [2.45, 2.75) is 18.9 Å². The van der Waals surface area contributed by atoms with E-state index in [2.05, 4.69) is 5.32 Å². The largest absolute Gasteiger partial charge is 0.380 e. The van der Waals surface area contributed by atoms with Crippen LogP contribution in [0.25, 0.3) is 0 Å². The maximum Gasteiger partial charge on any atom is 0.127 e. The molecule has 1 N–H and O–H groups in total. The molecule has 4 heteroatoms. The fraction of sp³-hybridized carbons (Fsp3) is 0.500. The molecule has 0 radical (unpaired) electrons. The highest BCUT2D eigenvalue weighted by atomic mass is 35.5. The van der Waals surface area contributed by atoms with Crippen molar-refractivity contribution in [1.82, 2.24) is 5.32 Å². The summed E-state index contributed by atoms with van der Waals surface area (Å²) in [6.07, 6.45) is 1.65. The van der Waals surface area contributed by atoms with E-state index in [1.165, 1.54) is 6.07 Å². The van der Waals surface area contributed by atoms with Gasteiger partial charge in [0.1, 0.15) is 5.82 Å². The summed E-state index contributed by atoms with van der Waals surface area (Å²) < 4.78 is 18.7. The molecule has 1 aromatic carbocycles. The fourth-order valence-corrected chi connectivity index (χ4v) is 2.13. The maximum absolute atomic E-state index is 13.4.